The lowest BCUT2D eigenvalue weighted by Crippen LogP contribution is -2.46. The first-order valence-corrected chi connectivity index (χ1v) is 12.6. The Kier molecular flexibility index (Phi) is 8.51. The van der Waals surface area contributed by atoms with E-state index in [2.05, 4.69) is 5.32 Å². The van der Waals surface area contributed by atoms with E-state index in [1.54, 1.807) is 37.3 Å². The van der Waals surface area contributed by atoms with Crippen molar-refractivity contribution >= 4 is 51.7 Å². The second-order valence-corrected chi connectivity index (χ2v) is 9.63. The van der Waals surface area contributed by atoms with E-state index in [0.29, 0.717) is 46.0 Å². The van der Waals surface area contributed by atoms with Gasteiger partial charge in [0.15, 0.2) is 16.7 Å². The summed E-state index contributed by atoms with van der Waals surface area (Å²) >= 11 is 7.42. The van der Waals surface area contributed by atoms with Crippen molar-refractivity contribution in [2.24, 2.45) is 4.99 Å². The summed E-state index contributed by atoms with van der Waals surface area (Å²) in [7, 11) is 3.17. The summed E-state index contributed by atoms with van der Waals surface area (Å²) in [5, 5.41) is 3.29. The lowest BCUT2D eigenvalue weighted by molar-refractivity contribution is -0.129. The molecule has 4 rings (SSSR count). The highest BCUT2D eigenvalue weighted by atomic mass is 35.5. The molecule has 0 radical (unpaired) electrons. The van der Waals surface area contributed by atoms with Crippen molar-refractivity contribution in [2.45, 2.75) is 18.1 Å². The van der Waals surface area contributed by atoms with E-state index in [1.165, 1.54) is 11.8 Å². The number of nitrogens with one attached hydrogen (secondary N) is 1. The molecule has 1 aliphatic rings. The van der Waals surface area contributed by atoms with Crippen molar-refractivity contribution in [1.29, 1.82) is 0 Å². The van der Waals surface area contributed by atoms with Gasteiger partial charge in [0, 0.05) is 23.7 Å². The average molecular weight is 524 g/mol. The number of methoxy groups -OCH3 is 2. The van der Waals surface area contributed by atoms with Crippen LogP contribution in [0.25, 0.3) is 0 Å². The monoisotopic (exact) mass is 523 g/mol. The van der Waals surface area contributed by atoms with Crippen LogP contribution in [0.1, 0.15) is 12.0 Å². The molecule has 1 fully saturated rings. The van der Waals surface area contributed by atoms with Gasteiger partial charge in [-0.3, -0.25) is 14.5 Å². The number of anilines is 1. The van der Waals surface area contributed by atoms with Crippen molar-refractivity contribution in [3.05, 3.63) is 83.4 Å². The lowest BCUT2D eigenvalue weighted by Gasteiger charge is -2.32. The third kappa shape index (κ3) is 6.38. The van der Waals surface area contributed by atoms with Crippen LogP contribution in [0.4, 0.5) is 11.4 Å². The molecule has 1 atom stereocenters. The van der Waals surface area contributed by atoms with Gasteiger partial charge in [-0.15, -0.1) is 0 Å². The Balaban J connectivity index is 1.56. The zero-order valence-corrected chi connectivity index (χ0v) is 21.5. The van der Waals surface area contributed by atoms with Gasteiger partial charge in [-0.05, 0) is 54.4 Å². The van der Waals surface area contributed by atoms with Crippen molar-refractivity contribution in [3.8, 4) is 11.5 Å². The summed E-state index contributed by atoms with van der Waals surface area (Å²) in [6.07, 6.45) is 0.645. The zero-order valence-electron chi connectivity index (χ0n) is 19.9. The van der Waals surface area contributed by atoms with Gasteiger partial charge in [0.2, 0.25) is 11.8 Å². The molecule has 7 nitrogen and oxygen atoms in total. The molecule has 1 unspecified atom stereocenters. The van der Waals surface area contributed by atoms with Crippen LogP contribution in [0.3, 0.4) is 0 Å². The number of nitrogens with zero attached hydrogens (tertiary/aromatic N) is 2. The predicted molar refractivity (Wildman–Crippen MR) is 145 cm³/mol. The summed E-state index contributed by atoms with van der Waals surface area (Å²) in [4.78, 5) is 32.6. The molecular formula is C27H26ClN3O4S. The van der Waals surface area contributed by atoms with Crippen molar-refractivity contribution < 1.29 is 19.1 Å². The van der Waals surface area contributed by atoms with E-state index < -0.39 is 5.25 Å². The van der Waals surface area contributed by atoms with Crippen LogP contribution in [-0.2, 0) is 16.0 Å². The van der Waals surface area contributed by atoms with Crippen LogP contribution in [0.2, 0.25) is 5.02 Å². The van der Waals surface area contributed by atoms with Gasteiger partial charge in [-0.1, -0.05) is 53.7 Å². The fourth-order valence-electron chi connectivity index (χ4n) is 3.74. The first-order chi connectivity index (χ1) is 17.5. The number of amides is 2. The number of para-hydroxylation sites is 1. The smallest absolute Gasteiger partial charge is 0.238 e. The van der Waals surface area contributed by atoms with E-state index >= 15 is 0 Å². The predicted octanol–water partition coefficient (Wildman–Crippen LogP) is 5.56. The Bertz CT molecular complexity index is 1270. The largest absolute Gasteiger partial charge is 0.493 e. The van der Waals surface area contributed by atoms with Gasteiger partial charge in [-0.25, -0.2) is 4.99 Å². The molecule has 1 saturated heterocycles. The molecule has 9 heteroatoms. The van der Waals surface area contributed by atoms with Crippen molar-refractivity contribution in [1.82, 2.24) is 4.90 Å². The Morgan fingerprint density at radius 2 is 1.83 bits per heavy atom. The molecule has 36 heavy (non-hydrogen) atoms. The number of rotatable bonds is 8. The number of aliphatic imine (C=N–C) groups is 1. The van der Waals surface area contributed by atoms with Crippen LogP contribution in [0.15, 0.2) is 77.8 Å². The molecule has 1 aliphatic heterocycles. The summed E-state index contributed by atoms with van der Waals surface area (Å²) in [5.41, 5.74) is 2.27. The van der Waals surface area contributed by atoms with Crippen LogP contribution >= 0.6 is 23.4 Å². The van der Waals surface area contributed by atoms with E-state index in [-0.39, 0.29) is 18.2 Å². The van der Waals surface area contributed by atoms with Gasteiger partial charge < -0.3 is 14.8 Å². The number of halogens is 1. The third-order valence-corrected chi connectivity index (χ3v) is 7.00. The maximum Gasteiger partial charge on any atom is 0.238 e. The number of hydrogen-bond donors (Lipinski definition) is 1. The van der Waals surface area contributed by atoms with E-state index in [0.717, 1.165) is 5.56 Å². The highest BCUT2D eigenvalue weighted by molar-refractivity contribution is 8.15. The van der Waals surface area contributed by atoms with Gasteiger partial charge in [0.25, 0.3) is 0 Å². The minimum absolute atomic E-state index is 0.0732. The average Bonchev–Trinajstić information content (AvgIpc) is 2.88. The molecule has 3 aromatic rings. The standard InChI is InChI=1S/C27H26ClN3O4S/c1-34-22-12-11-18(15-23(22)35-2)13-14-31-25(32)17-24(26(33)29-20-8-4-3-5-9-20)36-27(31)30-21-10-6-7-19(28)16-21/h3-12,15-16,24H,13-14,17H2,1-2H3,(H,29,33). The first-order valence-electron chi connectivity index (χ1n) is 11.3. The summed E-state index contributed by atoms with van der Waals surface area (Å²) in [5.74, 6) is 0.863. The van der Waals surface area contributed by atoms with E-state index in [4.69, 9.17) is 26.1 Å². The number of amidine groups is 1. The third-order valence-electron chi connectivity index (χ3n) is 5.58. The number of hydrogen-bond acceptors (Lipinski definition) is 6. The Hall–Kier alpha value is -3.49. The molecular weight excluding hydrogens is 498 g/mol. The number of carbonyl (C=O) groups is 2. The summed E-state index contributed by atoms with van der Waals surface area (Å²) < 4.78 is 10.7. The Labute approximate surface area is 219 Å². The first kappa shape index (κ1) is 25.6. The summed E-state index contributed by atoms with van der Waals surface area (Å²) in [6, 6.07) is 21.9. The molecule has 0 bridgehead atoms. The SMILES string of the molecule is COc1ccc(CCN2C(=O)CC(C(=O)Nc3ccccc3)SC2=Nc2cccc(Cl)c2)cc1OC. The molecule has 1 heterocycles. The lowest BCUT2D eigenvalue weighted by atomic mass is 10.1. The van der Waals surface area contributed by atoms with Gasteiger partial charge in [-0.2, -0.15) is 0 Å². The minimum atomic E-state index is -0.604. The summed E-state index contributed by atoms with van der Waals surface area (Å²) in [6.45, 7) is 0.397. The molecule has 3 aromatic carbocycles. The van der Waals surface area contributed by atoms with Gasteiger partial charge in [0.1, 0.15) is 5.25 Å². The second kappa shape index (κ2) is 12.0. The molecule has 0 aromatic heterocycles. The fourth-order valence-corrected chi connectivity index (χ4v) is 5.05. The highest BCUT2D eigenvalue weighted by Crippen LogP contribution is 2.32. The van der Waals surface area contributed by atoms with Gasteiger partial charge >= 0.3 is 0 Å². The maximum atomic E-state index is 13.3. The topological polar surface area (TPSA) is 80.2 Å². The molecule has 186 valence electrons. The molecule has 0 spiro atoms. The van der Waals surface area contributed by atoms with Crippen molar-refractivity contribution in [2.75, 3.05) is 26.1 Å². The molecule has 0 aliphatic carbocycles. The fraction of sp³-hybridized carbons (Fsp3) is 0.222. The Morgan fingerprint density at radius 3 is 2.56 bits per heavy atom. The number of thioether (sulfide) groups is 1. The van der Waals surface area contributed by atoms with Crippen molar-refractivity contribution in [3.63, 3.8) is 0 Å². The van der Waals surface area contributed by atoms with E-state index in [9.17, 15) is 9.59 Å². The highest BCUT2D eigenvalue weighted by Gasteiger charge is 2.35. The minimum Gasteiger partial charge on any atom is -0.493 e. The quantitative estimate of drug-likeness (QED) is 0.418. The number of benzene rings is 3. The molecule has 2 amide bonds. The van der Waals surface area contributed by atoms with Crippen LogP contribution in [0, 0.1) is 0 Å². The van der Waals surface area contributed by atoms with Crippen LogP contribution < -0.4 is 14.8 Å². The number of ether oxygens (including phenoxy) is 2. The number of carbonyl (C=O) groups excluding carboxylic acids is 2. The second-order valence-electron chi connectivity index (χ2n) is 8.02. The normalized spacial score (nSPS) is 16.6. The van der Waals surface area contributed by atoms with Crippen LogP contribution in [-0.4, -0.2) is 47.9 Å². The molecule has 0 saturated carbocycles. The van der Waals surface area contributed by atoms with Gasteiger partial charge in [0.05, 0.1) is 19.9 Å². The zero-order chi connectivity index (χ0) is 25.5. The molecule has 1 N–H and O–H groups in total. The van der Waals surface area contributed by atoms with E-state index in [1.807, 2.05) is 54.6 Å². The van der Waals surface area contributed by atoms with Crippen LogP contribution in [0.5, 0.6) is 11.5 Å². The Morgan fingerprint density at radius 1 is 1.06 bits per heavy atom. The maximum absolute atomic E-state index is 13.3.